The standard InChI is InChI=1S/C27H17F7N4O/c28-23-4-2-1-3-22(23)21-7-10-36-14-18(21)15-38-24(16-5-8-35-9-6-16)37-39-25(38)17-11-19(26(29,30)31)13-20(12-17)27(32,33)34/h1-14,25H,15H2. The van der Waals surface area contributed by atoms with Crippen molar-refractivity contribution in [3.63, 3.8) is 0 Å². The lowest BCUT2D eigenvalue weighted by molar-refractivity contribution is -0.143. The van der Waals surface area contributed by atoms with Crippen molar-refractivity contribution in [1.82, 2.24) is 14.9 Å². The molecule has 200 valence electrons. The van der Waals surface area contributed by atoms with E-state index in [9.17, 15) is 30.7 Å². The molecule has 0 saturated carbocycles. The maximum absolute atomic E-state index is 14.7. The molecule has 4 aromatic rings. The van der Waals surface area contributed by atoms with Crippen molar-refractivity contribution in [3.05, 3.63) is 119 Å². The minimum atomic E-state index is -5.05. The predicted molar refractivity (Wildman–Crippen MR) is 126 cm³/mol. The lowest BCUT2D eigenvalue weighted by Crippen LogP contribution is -2.31. The SMILES string of the molecule is Fc1ccccc1-c1ccncc1CN1C(c2ccncc2)=NOC1c1cc(C(F)(F)F)cc(C(F)(F)F)c1. The maximum atomic E-state index is 14.7. The molecule has 1 unspecified atom stereocenters. The third-order valence-corrected chi connectivity index (χ3v) is 6.04. The zero-order valence-corrected chi connectivity index (χ0v) is 19.7. The van der Waals surface area contributed by atoms with E-state index >= 15 is 0 Å². The minimum Gasteiger partial charge on any atom is -0.363 e. The number of halogens is 7. The number of amidine groups is 1. The van der Waals surface area contributed by atoms with Crippen molar-refractivity contribution in [2.24, 2.45) is 5.16 Å². The van der Waals surface area contributed by atoms with E-state index in [-0.39, 0.29) is 24.0 Å². The van der Waals surface area contributed by atoms with Gasteiger partial charge in [-0.2, -0.15) is 26.3 Å². The Bertz CT molecular complexity index is 1490. The highest BCUT2D eigenvalue weighted by molar-refractivity contribution is 5.99. The van der Waals surface area contributed by atoms with E-state index in [1.807, 2.05) is 0 Å². The molecule has 0 aliphatic carbocycles. The Morgan fingerprint density at radius 1 is 0.769 bits per heavy atom. The lowest BCUT2D eigenvalue weighted by Gasteiger charge is -2.27. The van der Waals surface area contributed by atoms with Crippen molar-refractivity contribution >= 4 is 5.84 Å². The summed E-state index contributed by atoms with van der Waals surface area (Å²) in [6.07, 6.45) is -5.78. The number of hydrogen-bond acceptors (Lipinski definition) is 5. The Balaban J connectivity index is 1.63. The molecule has 1 aliphatic heterocycles. The Kier molecular flexibility index (Phi) is 6.71. The van der Waals surface area contributed by atoms with Crippen LogP contribution in [0.2, 0.25) is 0 Å². The van der Waals surface area contributed by atoms with Crippen molar-refractivity contribution < 1.29 is 35.6 Å². The summed E-state index contributed by atoms with van der Waals surface area (Å²) in [6, 6.07) is 11.9. The molecule has 0 N–H and O–H groups in total. The molecule has 0 spiro atoms. The number of aromatic nitrogens is 2. The third-order valence-electron chi connectivity index (χ3n) is 6.04. The maximum Gasteiger partial charge on any atom is 0.416 e. The van der Waals surface area contributed by atoms with Gasteiger partial charge in [0.05, 0.1) is 17.7 Å². The number of benzene rings is 2. The van der Waals surface area contributed by atoms with Crippen molar-refractivity contribution in [1.29, 1.82) is 0 Å². The fourth-order valence-corrected chi connectivity index (χ4v) is 4.24. The van der Waals surface area contributed by atoms with Crippen LogP contribution in [0.1, 0.15) is 34.0 Å². The first-order valence-corrected chi connectivity index (χ1v) is 11.4. The van der Waals surface area contributed by atoms with Crippen LogP contribution in [-0.4, -0.2) is 20.7 Å². The molecule has 39 heavy (non-hydrogen) atoms. The molecule has 1 aliphatic rings. The van der Waals surface area contributed by atoms with Crippen LogP contribution in [-0.2, 0) is 23.7 Å². The zero-order chi connectivity index (χ0) is 27.8. The summed E-state index contributed by atoms with van der Waals surface area (Å²) in [7, 11) is 0. The fraction of sp³-hybridized carbons (Fsp3) is 0.148. The third kappa shape index (κ3) is 5.40. The molecular formula is C27H17F7N4O. The quantitative estimate of drug-likeness (QED) is 0.248. The Morgan fingerprint density at radius 3 is 2.05 bits per heavy atom. The monoisotopic (exact) mass is 546 g/mol. The first-order valence-electron chi connectivity index (χ1n) is 11.4. The summed E-state index contributed by atoms with van der Waals surface area (Å²) in [5.41, 5.74) is -1.82. The molecule has 12 heteroatoms. The zero-order valence-electron chi connectivity index (χ0n) is 19.7. The molecule has 0 saturated heterocycles. The lowest BCUT2D eigenvalue weighted by atomic mass is 9.99. The van der Waals surface area contributed by atoms with Crippen LogP contribution in [0.5, 0.6) is 0 Å². The second-order valence-corrected chi connectivity index (χ2v) is 8.59. The average molecular weight is 546 g/mol. The van der Waals surface area contributed by atoms with Crippen molar-refractivity contribution in [2.45, 2.75) is 25.1 Å². The van der Waals surface area contributed by atoms with Gasteiger partial charge in [0.25, 0.3) is 0 Å². The largest absolute Gasteiger partial charge is 0.416 e. The van der Waals surface area contributed by atoms with Gasteiger partial charge in [-0.05, 0) is 53.6 Å². The molecular weight excluding hydrogens is 529 g/mol. The van der Waals surface area contributed by atoms with Gasteiger partial charge in [-0.1, -0.05) is 23.4 Å². The molecule has 5 rings (SSSR count). The van der Waals surface area contributed by atoms with Gasteiger partial charge in [0, 0.05) is 41.5 Å². The van der Waals surface area contributed by atoms with Gasteiger partial charge in [0.2, 0.25) is 6.23 Å². The van der Waals surface area contributed by atoms with Gasteiger partial charge < -0.3 is 9.74 Å². The molecule has 0 bridgehead atoms. The normalized spacial score (nSPS) is 15.7. The molecule has 5 nitrogen and oxygen atoms in total. The molecule has 2 aromatic carbocycles. The number of pyridine rings is 2. The van der Waals surface area contributed by atoms with Gasteiger partial charge in [-0.15, -0.1) is 0 Å². The van der Waals surface area contributed by atoms with Crippen LogP contribution in [0.25, 0.3) is 11.1 Å². The van der Waals surface area contributed by atoms with E-state index in [2.05, 4.69) is 15.1 Å². The Morgan fingerprint density at radius 2 is 1.41 bits per heavy atom. The van der Waals surface area contributed by atoms with Crippen molar-refractivity contribution in [3.8, 4) is 11.1 Å². The van der Waals surface area contributed by atoms with E-state index in [0.29, 0.717) is 28.8 Å². The van der Waals surface area contributed by atoms with Crippen molar-refractivity contribution in [2.75, 3.05) is 0 Å². The van der Waals surface area contributed by atoms with E-state index in [4.69, 9.17) is 4.84 Å². The number of rotatable bonds is 5. The fourth-order valence-electron chi connectivity index (χ4n) is 4.24. The van der Waals surface area contributed by atoms with Crippen LogP contribution < -0.4 is 0 Å². The van der Waals surface area contributed by atoms with E-state index < -0.39 is 41.1 Å². The first kappa shape index (κ1) is 26.1. The first-order chi connectivity index (χ1) is 18.5. The van der Waals surface area contributed by atoms with E-state index in [1.54, 1.807) is 30.3 Å². The summed E-state index contributed by atoms with van der Waals surface area (Å²) in [4.78, 5) is 14.9. The topological polar surface area (TPSA) is 50.6 Å². The van der Waals surface area contributed by atoms with Crippen LogP contribution in [0.4, 0.5) is 30.7 Å². The number of oxime groups is 1. The molecule has 0 amide bonds. The molecule has 2 aromatic heterocycles. The number of alkyl halides is 6. The number of nitrogens with zero attached hydrogens (tertiary/aromatic N) is 4. The Hall–Kier alpha value is -4.48. The summed E-state index contributed by atoms with van der Waals surface area (Å²) in [6.45, 7) is -0.138. The van der Waals surface area contributed by atoms with Gasteiger partial charge in [-0.25, -0.2) is 4.39 Å². The van der Waals surface area contributed by atoms with Crippen LogP contribution in [0.3, 0.4) is 0 Å². The Labute approximate surface area is 217 Å². The molecule has 0 radical (unpaired) electrons. The van der Waals surface area contributed by atoms with Crippen LogP contribution in [0, 0.1) is 5.82 Å². The summed E-state index contributed by atoms with van der Waals surface area (Å²) in [5, 5.41) is 4.00. The highest BCUT2D eigenvalue weighted by Gasteiger charge is 2.40. The smallest absolute Gasteiger partial charge is 0.363 e. The van der Waals surface area contributed by atoms with Gasteiger partial charge in [0.1, 0.15) is 5.82 Å². The van der Waals surface area contributed by atoms with E-state index in [0.717, 1.165) is 0 Å². The van der Waals surface area contributed by atoms with Crippen LogP contribution >= 0.6 is 0 Å². The summed E-state index contributed by atoms with van der Waals surface area (Å²) >= 11 is 0. The van der Waals surface area contributed by atoms with Gasteiger partial charge in [0.15, 0.2) is 5.84 Å². The predicted octanol–water partition coefficient (Wildman–Crippen LogP) is 7.21. The molecule has 0 fully saturated rings. The minimum absolute atomic E-state index is 0.0465. The number of hydrogen-bond donors (Lipinski definition) is 0. The molecule has 1 atom stereocenters. The van der Waals surface area contributed by atoms with Crippen LogP contribution in [0.15, 0.2) is 90.6 Å². The van der Waals surface area contributed by atoms with Gasteiger partial charge in [-0.3, -0.25) is 9.97 Å². The second kappa shape index (κ2) is 10.0. The molecule has 3 heterocycles. The van der Waals surface area contributed by atoms with Gasteiger partial charge >= 0.3 is 12.4 Å². The second-order valence-electron chi connectivity index (χ2n) is 8.59. The highest BCUT2D eigenvalue weighted by atomic mass is 19.4. The van der Waals surface area contributed by atoms with E-state index in [1.165, 1.54) is 41.8 Å². The average Bonchev–Trinajstić information content (AvgIpc) is 3.32. The highest BCUT2D eigenvalue weighted by Crippen LogP contribution is 2.41. The summed E-state index contributed by atoms with van der Waals surface area (Å²) in [5.74, 6) is -0.383. The summed E-state index contributed by atoms with van der Waals surface area (Å²) < 4.78 is 96.2.